The van der Waals surface area contributed by atoms with Crippen molar-refractivity contribution >= 4 is 23.0 Å². The number of nitrogens with zero attached hydrogens (tertiary/aromatic N) is 2. The molecule has 0 saturated carbocycles. The molecule has 0 spiro atoms. The maximum absolute atomic E-state index is 12.8. The fourth-order valence-electron chi connectivity index (χ4n) is 2.77. The smallest absolute Gasteiger partial charge is 0.276 e. The van der Waals surface area contributed by atoms with Crippen LogP contribution in [-0.4, -0.2) is 17.4 Å². The average molecular weight is 345 g/mol. The molecule has 3 aromatic rings. The van der Waals surface area contributed by atoms with Gasteiger partial charge in [0.05, 0.1) is 11.9 Å². The first-order valence-corrected chi connectivity index (χ1v) is 8.75. The molecule has 0 aliphatic heterocycles. The van der Waals surface area contributed by atoms with Crippen LogP contribution < -0.4 is 10.2 Å². The second-order valence-corrected chi connectivity index (χ2v) is 6.24. The summed E-state index contributed by atoms with van der Waals surface area (Å²) in [6, 6.07) is 19.5. The molecule has 0 atom stereocenters. The largest absolute Gasteiger partial charge is 0.354 e. The summed E-state index contributed by atoms with van der Waals surface area (Å²) >= 11 is 0. The van der Waals surface area contributed by atoms with Crippen LogP contribution in [0.25, 0.3) is 0 Å². The molecule has 26 heavy (non-hydrogen) atoms. The molecule has 1 heterocycles. The first-order chi connectivity index (χ1) is 12.6. The summed E-state index contributed by atoms with van der Waals surface area (Å²) in [6.45, 7) is 6.73. The van der Waals surface area contributed by atoms with E-state index in [9.17, 15) is 4.79 Å². The van der Waals surface area contributed by atoms with Crippen LogP contribution in [0.1, 0.15) is 28.5 Å². The maximum atomic E-state index is 12.8. The van der Waals surface area contributed by atoms with Crippen LogP contribution >= 0.6 is 0 Å². The number of para-hydroxylation sites is 1. The van der Waals surface area contributed by atoms with Gasteiger partial charge < -0.3 is 10.2 Å². The van der Waals surface area contributed by atoms with E-state index in [1.54, 1.807) is 17.2 Å². The number of aromatic nitrogens is 1. The van der Waals surface area contributed by atoms with Gasteiger partial charge in [-0.2, -0.15) is 0 Å². The molecule has 0 saturated heterocycles. The molecule has 4 nitrogen and oxygen atoms in total. The molecule has 1 amide bonds. The summed E-state index contributed by atoms with van der Waals surface area (Å²) in [5.74, 6) is -0.101. The lowest BCUT2D eigenvalue weighted by Gasteiger charge is -2.20. The lowest BCUT2D eigenvalue weighted by molar-refractivity contribution is 0.0983. The molecule has 2 aromatic carbocycles. The van der Waals surface area contributed by atoms with Gasteiger partial charge in [-0.05, 0) is 68.3 Å². The number of hydrogen-bond donors (Lipinski definition) is 1. The molecule has 3 rings (SSSR count). The molecule has 1 aromatic heterocycles. The van der Waals surface area contributed by atoms with Crippen LogP contribution in [-0.2, 0) is 0 Å². The van der Waals surface area contributed by atoms with Gasteiger partial charge >= 0.3 is 0 Å². The summed E-state index contributed by atoms with van der Waals surface area (Å²) in [6.07, 6.45) is 1.70. The quantitative estimate of drug-likeness (QED) is 0.699. The lowest BCUT2D eigenvalue weighted by Crippen LogP contribution is -2.31. The molecule has 132 valence electrons. The Morgan fingerprint density at radius 1 is 0.962 bits per heavy atom. The van der Waals surface area contributed by atoms with Crippen molar-refractivity contribution < 1.29 is 4.79 Å². The minimum Gasteiger partial charge on any atom is -0.354 e. The molecule has 0 bridgehead atoms. The number of anilines is 3. The molecule has 0 radical (unpaired) electrons. The monoisotopic (exact) mass is 345 g/mol. The summed E-state index contributed by atoms with van der Waals surface area (Å²) in [4.78, 5) is 18.8. The number of nitrogens with one attached hydrogen (secondary N) is 1. The highest BCUT2D eigenvalue weighted by Gasteiger charge is 2.17. The second-order valence-electron chi connectivity index (χ2n) is 6.24. The van der Waals surface area contributed by atoms with Gasteiger partial charge in [0, 0.05) is 17.9 Å². The van der Waals surface area contributed by atoms with E-state index < -0.39 is 0 Å². The Hall–Kier alpha value is -3.14. The number of carbonyl (C=O) groups is 1. The van der Waals surface area contributed by atoms with E-state index in [4.69, 9.17) is 0 Å². The van der Waals surface area contributed by atoms with Crippen molar-refractivity contribution in [2.45, 2.75) is 20.8 Å². The topological polar surface area (TPSA) is 45.2 Å². The number of aryl methyl sites for hydroxylation is 2. The second kappa shape index (κ2) is 7.83. The number of rotatable bonds is 5. The van der Waals surface area contributed by atoms with Crippen LogP contribution in [0.5, 0.6) is 0 Å². The minimum absolute atomic E-state index is 0.101. The Bertz CT molecular complexity index is 889. The van der Waals surface area contributed by atoms with Crippen molar-refractivity contribution in [1.82, 2.24) is 4.98 Å². The standard InChI is InChI=1S/C22H23N3O/c1-4-25(20-8-6-5-7-9-20)22(26)21-13-12-19(15-23-21)24-18-11-10-16(2)17(3)14-18/h5-15,24H,4H2,1-3H3. The van der Waals surface area contributed by atoms with E-state index >= 15 is 0 Å². The van der Waals surface area contributed by atoms with Gasteiger partial charge in [-0.15, -0.1) is 0 Å². The van der Waals surface area contributed by atoms with Crippen molar-refractivity contribution in [2.24, 2.45) is 0 Å². The SMILES string of the molecule is CCN(C(=O)c1ccc(Nc2ccc(C)c(C)c2)cn1)c1ccccc1. The summed E-state index contributed by atoms with van der Waals surface area (Å²) < 4.78 is 0. The first kappa shape index (κ1) is 17.7. The number of pyridine rings is 1. The number of benzene rings is 2. The first-order valence-electron chi connectivity index (χ1n) is 8.75. The fraction of sp³-hybridized carbons (Fsp3) is 0.182. The zero-order valence-electron chi connectivity index (χ0n) is 15.4. The predicted octanol–water partition coefficient (Wildman–Crippen LogP) is 5.11. The van der Waals surface area contributed by atoms with Crippen molar-refractivity contribution in [3.8, 4) is 0 Å². The predicted molar refractivity (Wildman–Crippen MR) is 107 cm³/mol. The summed E-state index contributed by atoms with van der Waals surface area (Å²) in [5, 5.41) is 3.33. The highest BCUT2D eigenvalue weighted by molar-refractivity contribution is 6.04. The van der Waals surface area contributed by atoms with E-state index in [-0.39, 0.29) is 5.91 Å². The summed E-state index contributed by atoms with van der Waals surface area (Å²) in [5.41, 5.74) is 5.66. The van der Waals surface area contributed by atoms with Crippen molar-refractivity contribution in [2.75, 3.05) is 16.8 Å². The molecular formula is C22H23N3O. The van der Waals surface area contributed by atoms with Gasteiger partial charge in [0.1, 0.15) is 5.69 Å². The van der Waals surface area contributed by atoms with Gasteiger partial charge in [-0.3, -0.25) is 4.79 Å². The minimum atomic E-state index is -0.101. The van der Waals surface area contributed by atoms with E-state index in [0.717, 1.165) is 17.1 Å². The number of carbonyl (C=O) groups excluding carboxylic acids is 1. The van der Waals surface area contributed by atoms with Gasteiger partial charge in [-0.25, -0.2) is 4.98 Å². The lowest BCUT2D eigenvalue weighted by atomic mass is 10.1. The van der Waals surface area contributed by atoms with Gasteiger partial charge in [0.25, 0.3) is 5.91 Å². The van der Waals surface area contributed by atoms with E-state index in [1.165, 1.54) is 11.1 Å². The molecule has 0 aliphatic rings. The molecule has 0 aliphatic carbocycles. The van der Waals surface area contributed by atoms with Gasteiger partial charge in [0.15, 0.2) is 0 Å². The van der Waals surface area contributed by atoms with Crippen molar-refractivity contribution in [3.05, 3.63) is 83.7 Å². The van der Waals surface area contributed by atoms with Crippen molar-refractivity contribution in [3.63, 3.8) is 0 Å². The number of hydrogen-bond acceptors (Lipinski definition) is 3. The van der Waals surface area contributed by atoms with Crippen LogP contribution in [0, 0.1) is 13.8 Å². The Morgan fingerprint density at radius 3 is 2.31 bits per heavy atom. The molecule has 4 heteroatoms. The Labute approximate surface area is 154 Å². The zero-order chi connectivity index (χ0) is 18.5. The van der Waals surface area contributed by atoms with Crippen LogP contribution in [0.15, 0.2) is 66.9 Å². The highest BCUT2D eigenvalue weighted by Crippen LogP contribution is 2.20. The third-order valence-electron chi connectivity index (χ3n) is 4.41. The molecule has 1 N–H and O–H groups in total. The summed E-state index contributed by atoms with van der Waals surface area (Å²) in [7, 11) is 0. The normalized spacial score (nSPS) is 10.4. The number of amides is 1. The fourth-order valence-corrected chi connectivity index (χ4v) is 2.77. The van der Waals surface area contributed by atoms with Crippen LogP contribution in [0.2, 0.25) is 0 Å². The van der Waals surface area contributed by atoms with E-state index in [2.05, 4.69) is 36.3 Å². The Morgan fingerprint density at radius 2 is 1.69 bits per heavy atom. The maximum Gasteiger partial charge on any atom is 0.276 e. The molecule has 0 unspecified atom stereocenters. The van der Waals surface area contributed by atoms with Crippen LogP contribution in [0.4, 0.5) is 17.1 Å². The van der Waals surface area contributed by atoms with Crippen LogP contribution in [0.3, 0.4) is 0 Å². The molecular weight excluding hydrogens is 322 g/mol. The van der Waals surface area contributed by atoms with Gasteiger partial charge in [-0.1, -0.05) is 24.3 Å². The highest BCUT2D eigenvalue weighted by atomic mass is 16.2. The third-order valence-corrected chi connectivity index (χ3v) is 4.41. The van der Waals surface area contributed by atoms with E-state index in [1.807, 2.05) is 49.4 Å². The van der Waals surface area contributed by atoms with Crippen molar-refractivity contribution in [1.29, 1.82) is 0 Å². The third kappa shape index (κ3) is 3.91. The Balaban J connectivity index is 1.76. The van der Waals surface area contributed by atoms with Gasteiger partial charge in [0.2, 0.25) is 0 Å². The average Bonchev–Trinajstić information content (AvgIpc) is 2.67. The molecule has 0 fully saturated rings. The Kier molecular flexibility index (Phi) is 5.32. The zero-order valence-corrected chi connectivity index (χ0v) is 15.4. The van der Waals surface area contributed by atoms with E-state index in [0.29, 0.717) is 12.2 Å².